The lowest BCUT2D eigenvalue weighted by Gasteiger charge is -2.22. The number of hydrogen-bond acceptors (Lipinski definition) is 5. The summed E-state index contributed by atoms with van der Waals surface area (Å²) < 4.78 is 0. The third-order valence-corrected chi connectivity index (χ3v) is 4.65. The van der Waals surface area contributed by atoms with Crippen LogP contribution in [0.4, 0.5) is 0 Å². The van der Waals surface area contributed by atoms with E-state index in [0.29, 0.717) is 11.8 Å². The number of carbonyl (C=O) groups is 2. The van der Waals surface area contributed by atoms with Crippen molar-refractivity contribution in [2.45, 2.75) is 13.3 Å². The summed E-state index contributed by atoms with van der Waals surface area (Å²) in [7, 11) is 0. The Labute approximate surface area is 142 Å². The molecule has 25 heavy (non-hydrogen) atoms. The fourth-order valence-electron chi connectivity index (χ4n) is 3.43. The lowest BCUT2D eigenvalue weighted by molar-refractivity contribution is 0.0813. The van der Waals surface area contributed by atoms with Gasteiger partial charge in [0.05, 0.1) is 10.9 Å². The zero-order chi connectivity index (χ0) is 17.9. The summed E-state index contributed by atoms with van der Waals surface area (Å²) in [6, 6.07) is 9.42. The van der Waals surface area contributed by atoms with E-state index in [-0.39, 0.29) is 39.1 Å². The van der Waals surface area contributed by atoms with Crippen LogP contribution in [0.3, 0.4) is 0 Å². The Bertz CT molecular complexity index is 1100. The van der Waals surface area contributed by atoms with Crippen LogP contribution in [0, 0.1) is 0 Å². The number of aromatic hydroxyl groups is 3. The van der Waals surface area contributed by atoms with Crippen molar-refractivity contribution in [3.05, 3.63) is 53.1 Å². The Morgan fingerprint density at radius 3 is 2.32 bits per heavy atom. The van der Waals surface area contributed by atoms with Gasteiger partial charge in [0.15, 0.2) is 0 Å². The standard InChI is InChI=1S/C20H14O5/c1-2-9-6-12-16(14(22)7-9)11-8-10-4-3-5-13(21)15(10)19(24)17(11)20(25)18(12)23/h3-8,21-22,24H,2H2,1H3. The molecule has 0 heterocycles. The first-order chi connectivity index (χ1) is 11.9. The average molecular weight is 334 g/mol. The van der Waals surface area contributed by atoms with E-state index in [1.165, 1.54) is 6.07 Å². The quantitative estimate of drug-likeness (QED) is 0.591. The molecule has 0 saturated heterocycles. The number of benzene rings is 3. The van der Waals surface area contributed by atoms with Crippen LogP contribution in [0.5, 0.6) is 17.2 Å². The molecule has 0 amide bonds. The molecule has 3 aromatic carbocycles. The second kappa shape index (κ2) is 5.08. The van der Waals surface area contributed by atoms with Gasteiger partial charge in [-0.15, -0.1) is 0 Å². The lowest BCUT2D eigenvalue weighted by Crippen LogP contribution is -2.22. The molecule has 0 bridgehead atoms. The maximum atomic E-state index is 12.6. The molecule has 0 aromatic heterocycles. The van der Waals surface area contributed by atoms with Crippen LogP contribution in [0.15, 0.2) is 36.4 Å². The molecule has 0 spiro atoms. The molecule has 5 heteroatoms. The Hall–Kier alpha value is -3.34. The molecule has 3 aromatic rings. The molecular formula is C20H14O5. The SMILES string of the molecule is CCc1cc(O)c2c(c1)C(=O)C(=O)c1c-2cc2cccc(O)c2c1O. The molecular weight excluding hydrogens is 320 g/mol. The minimum atomic E-state index is -0.849. The van der Waals surface area contributed by atoms with Gasteiger partial charge in [-0.05, 0) is 41.6 Å². The highest BCUT2D eigenvalue weighted by molar-refractivity contribution is 6.54. The van der Waals surface area contributed by atoms with Crippen LogP contribution in [0.25, 0.3) is 21.9 Å². The zero-order valence-corrected chi connectivity index (χ0v) is 13.3. The first-order valence-corrected chi connectivity index (χ1v) is 7.87. The van der Waals surface area contributed by atoms with E-state index >= 15 is 0 Å². The van der Waals surface area contributed by atoms with Gasteiger partial charge in [0.1, 0.15) is 17.2 Å². The molecule has 1 aliphatic carbocycles. The van der Waals surface area contributed by atoms with Gasteiger partial charge in [0, 0.05) is 16.7 Å². The monoisotopic (exact) mass is 334 g/mol. The summed E-state index contributed by atoms with van der Waals surface area (Å²) >= 11 is 0. The van der Waals surface area contributed by atoms with Crippen LogP contribution in [-0.2, 0) is 6.42 Å². The molecule has 4 rings (SSSR count). The van der Waals surface area contributed by atoms with E-state index < -0.39 is 17.3 Å². The van der Waals surface area contributed by atoms with Crippen LogP contribution in [0.1, 0.15) is 33.2 Å². The number of Topliss-reactive ketones (excluding diaryl/α,β-unsaturated/α-hetero) is 2. The highest BCUT2D eigenvalue weighted by atomic mass is 16.3. The Kier molecular flexibility index (Phi) is 3.09. The third-order valence-electron chi connectivity index (χ3n) is 4.65. The number of hydrogen-bond donors (Lipinski definition) is 3. The van der Waals surface area contributed by atoms with Gasteiger partial charge in [0.25, 0.3) is 0 Å². The summed E-state index contributed by atoms with van der Waals surface area (Å²) in [6.45, 7) is 1.88. The average Bonchev–Trinajstić information content (AvgIpc) is 2.58. The van der Waals surface area contributed by atoms with Crippen molar-refractivity contribution >= 4 is 22.3 Å². The molecule has 0 radical (unpaired) electrons. The number of rotatable bonds is 1. The summed E-state index contributed by atoms with van der Waals surface area (Å²) in [5, 5.41) is 31.6. The van der Waals surface area contributed by atoms with Gasteiger partial charge in [-0.25, -0.2) is 0 Å². The van der Waals surface area contributed by atoms with Crippen molar-refractivity contribution in [1.29, 1.82) is 0 Å². The molecule has 1 aliphatic rings. The van der Waals surface area contributed by atoms with E-state index in [4.69, 9.17) is 0 Å². The predicted octanol–water partition coefficient (Wildman–Crippen LogP) is 3.57. The molecule has 0 fully saturated rings. The van der Waals surface area contributed by atoms with Crippen molar-refractivity contribution < 1.29 is 24.9 Å². The summed E-state index contributed by atoms with van der Waals surface area (Å²) in [4.78, 5) is 25.1. The lowest BCUT2D eigenvalue weighted by atomic mass is 9.80. The van der Waals surface area contributed by atoms with Gasteiger partial charge in [0.2, 0.25) is 11.6 Å². The molecule has 5 nitrogen and oxygen atoms in total. The van der Waals surface area contributed by atoms with Crippen LogP contribution >= 0.6 is 0 Å². The first kappa shape index (κ1) is 15.2. The molecule has 0 aliphatic heterocycles. The van der Waals surface area contributed by atoms with Crippen molar-refractivity contribution in [2.75, 3.05) is 0 Å². The third kappa shape index (κ3) is 1.96. The Morgan fingerprint density at radius 1 is 0.840 bits per heavy atom. The van der Waals surface area contributed by atoms with Crippen LogP contribution in [-0.4, -0.2) is 26.9 Å². The van der Waals surface area contributed by atoms with E-state index in [1.807, 2.05) is 6.92 Å². The van der Waals surface area contributed by atoms with E-state index in [1.54, 1.807) is 30.3 Å². The maximum absolute atomic E-state index is 12.6. The summed E-state index contributed by atoms with van der Waals surface area (Å²) in [5.74, 6) is -2.38. The van der Waals surface area contributed by atoms with Crippen molar-refractivity contribution in [3.8, 4) is 28.4 Å². The minimum absolute atomic E-state index is 0.107. The predicted molar refractivity (Wildman–Crippen MR) is 92.4 cm³/mol. The molecule has 124 valence electrons. The maximum Gasteiger partial charge on any atom is 0.237 e. The van der Waals surface area contributed by atoms with Gasteiger partial charge in [-0.3, -0.25) is 9.59 Å². The van der Waals surface area contributed by atoms with Crippen LogP contribution < -0.4 is 0 Å². The number of phenolic OH excluding ortho intramolecular Hbond substituents is 3. The topological polar surface area (TPSA) is 94.8 Å². The van der Waals surface area contributed by atoms with Crippen LogP contribution in [0.2, 0.25) is 0 Å². The van der Waals surface area contributed by atoms with Gasteiger partial charge >= 0.3 is 0 Å². The number of ketones is 2. The number of carbonyl (C=O) groups excluding carboxylic acids is 2. The van der Waals surface area contributed by atoms with E-state index in [0.717, 1.165) is 5.56 Å². The molecule has 0 saturated carbocycles. The smallest absolute Gasteiger partial charge is 0.237 e. The first-order valence-electron chi connectivity index (χ1n) is 7.87. The minimum Gasteiger partial charge on any atom is -0.507 e. The van der Waals surface area contributed by atoms with Crippen molar-refractivity contribution in [1.82, 2.24) is 0 Å². The largest absolute Gasteiger partial charge is 0.507 e. The van der Waals surface area contributed by atoms with Gasteiger partial charge in [-0.2, -0.15) is 0 Å². The number of phenols is 3. The summed E-state index contributed by atoms with van der Waals surface area (Å²) in [6.07, 6.45) is 0.603. The number of aryl methyl sites for hydroxylation is 1. The molecule has 3 N–H and O–H groups in total. The highest BCUT2D eigenvalue weighted by Crippen LogP contribution is 2.47. The van der Waals surface area contributed by atoms with Gasteiger partial charge < -0.3 is 15.3 Å². The van der Waals surface area contributed by atoms with E-state index in [2.05, 4.69) is 0 Å². The zero-order valence-electron chi connectivity index (χ0n) is 13.3. The van der Waals surface area contributed by atoms with Crippen molar-refractivity contribution in [3.63, 3.8) is 0 Å². The van der Waals surface area contributed by atoms with Crippen molar-refractivity contribution in [2.24, 2.45) is 0 Å². The Morgan fingerprint density at radius 2 is 1.60 bits per heavy atom. The second-order valence-corrected chi connectivity index (χ2v) is 6.07. The molecule has 0 unspecified atom stereocenters. The number of fused-ring (bicyclic) bond motifs is 4. The van der Waals surface area contributed by atoms with Gasteiger partial charge in [-0.1, -0.05) is 19.1 Å². The Balaban J connectivity index is 2.18. The highest BCUT2D eigenvalue weighted by Gasteiger charge is 2.36. The molecule has 0 atom stereocenters. The fourth-order valence-corrected chi connectivity index (χ4v) is 3.43. The fraction of sp³-hybridized carbons (Fsp3) is 0.100. The van der Waals surface area contributed by atoms with E-state index in [9.17, 15) is 24.9 Å². The normalized spacial score (nSPS) is 13.0. The second-order valence-electron chi connectivity index (χ2n) is 6.07. The summed E-state index contributed by atoms with van der Waals surface area (Å²) in [5.41, 5.74) is 1.20.